The van der Waals surface area contributed by atoms with Gasteiger partial charge < -0.3 is 10.8 Å². The second-order valence-electron chi connectivity index (χ2n) is 6.96. The molecule has 146 valence electrons. The van der Waals surface area contributed by atoms with E-state index in [9.17, 15) is 14.7 Å². The van der Waals surface area contributed by atoms with Crippen molar-refractivity contribution in [1.29, 1.82) is 0 Å². The van der Waals surface area contributed by atoms with Crippen LogP contribution < -0.4 is 5.73 Å². The molecular weight excluding hydrogens is 376 g/mol. The summed E-state index contributed by atoms with van der Waals surface area (Å²) in [5.74, 6) is -0.361. The van der Waals surface area contributed by atoms with E-state index in [1.165, 1.54) is 0 Å². The largest absolute Gasteiger partial charge is 0.508 e. The van der Waals surface area contributed by atoms with Crippen molar-refractivity contribution in [3.05, 3.63) is 64.3 Å². The quantitative estimate of drug-likeness (QED) is 0.627. The topological polar surface area (TPSA) is 85.3 Å². The van der Waals surface area contributed by atoms with E-state index in [1.807, 2.05) is 13.8 Å². The van der Waals surface area contributed by atoms with E-state index in [1.54, 1.807) is 47.0 Å². The summed E-state index contributed by atoms with van der Waals surface area (Å²) in [7, 11) is 0. The van der Waals surface area contributed by atoms with Crippen molar-refractivity contribution in [3.63, 3.8) is 0 Å². The second kappa shape index (κ2) is 8.07. The van der Waals surface area contributed by atoms with Crippen LogP contribution in [0.15, 0.2) is 42.5 Å². The summed E-state index contributed by atoms with van der Waals surface area (Å²) in [5, 5.41) is 11.3. The molecule has 0 fully saturated rings. The Hall–Kier alpha value is -2.79. The fourth-order valence-corrected chi connectivity index (χ4v) is 4.02. The molecule has 1 aromatic heterocycles. The lowest BCUT2D eigenvalue weighted by Crippen LogP contribution is -2.15. The molecule has 2 aromatic carbocycles. The number of aromatic nitrogens is 1. The molecule has 0 aliphatic carbocycles. The number of halogens is 1. The van der Waals surface area contributed by atoms with Gasteiger partial charge in [0.25, 0.3) is 5.91 Å². The highest BCUT2D eigenvalue weighted by atomic mass is 35.5. The van der Waals surface area contributed by atoms with Gasteiger partial charge in [-0.05, 0) is 67.6 Å². The van der Waals surface area contributed by atoms with Gasteiger partial charge in [0.05, 0.1) is 5.52 Å². The molecule has 3 rings (SSSR count). The van der Waals surface area contributed by atoms with Gasteiger partial charge in [0.1, 0.15) is 5.75 Å². The maximum atomic E-state index is 13.3. The molecule has 0 aliphatic rings. The van der Waals surface area contributed by atoms with Crippen LogP contribution in [0.2, 0.25) is 5.02 Å². The minimum atomic E-state index is -0.349. The third kappa shape index (κ3) is 3.76. The first-order chi connectivity index (χ1) is 13.3. The summed E-state index contributed by atoms with van der Waals surface area (Å²) in [6.45, 7) is 3.93. The molecule has 3 aromatic rings. The maximum absolute atomic E-state index is 13.3. The summed E-state index contributed by atoms with van der Waals surface area (Å²) in [6, 6.07) is 11.8. The number of primary amides is 1. The molecule has 0 unspecified atom stereocenters. The van der Waals surface area contributed by atoms with Crippen LogP contribution in [0.3, 0.4) is 0 Å². The number of carbonyl (C=O) groups excluding carboxylic acids is 2. The van der Waals surface area contributed by atoms with E-state index in [4.69, 9.17) is 17.3 Å². The number of carbonyl (C=O) groups is 2. The summed E-state index contributed by atoms with van der Waals surface area (Å²) in [6.07, 6.45) is 1.65. The fraction of sp³-hybridized carbons (Fsp3) is 0.273. The molecule has 6 heteroatoms. The molecule has 1 amide bonds. The minimum Gasteiger partial charge on any atom is -0.508 e. The minimum absolute atomic E-state index is 0.0465. The van der Waals surface area contributed by atoms with Gasteiger partial charge in [-0.25, -0.2) is 0 Å². The standard InChI is InChI=1S/C22H23ClN2O3/c1-3-14(7-10-20(24)27)21-13(2)25(19-9-8-17(26)12-18(19)21)22(28)15-5-4-6-16(23)11-15/h4-6,8-9,11-12,14,26H,3,7,10H2,1-2H3,(H2,24,27)/t14-/m0/s1. The van der Waals surface area contributed by atoms with Gasteiger partial charge in [-0.1, -0.05) is 24.6 Å². The van der Waals surface area contributed by atoms with E-state index in [0.717, 1.165) is 23.1 Å². The van der Waals surface area contributed by atoms with Crippen LogP contribution in [-0.4, -0.2) is 21.5 Å². The molecule has 0 saturated heterocycles. The third-order valence-corrected chi connectivity index (χ3v) is 5.39. The second-order valence-corrected chi connectivity index (χ2v) is 7.40. The average Bonchev–Trinajstić information content (AvgIpc) is 2.93. The van der Waals surface area contributed by atoms with Crippen LogP contribution in [0.4, 0.5) is 0 Å². The lowest BCUT2D eigenvalue weighted by molar-refractivity contribution is -0.118. The molecule has 0 radical (unpaired) electrons. The Labute approximate surface area is 168 Å². The zero-order valence-electron chi connectivity index (χ0n) is 15.9. The van der Waals surface area contributed by atoms with Gasteiger partial charge in [-0.15, -0.1) is 0 Å². The number of phenolic OH excluding ortho intramolecular Hbond substituents is 1. The maximum Gasteiger partial charge on any atom is 0.262 e. The first-order valence-electron chi connectivity index (χ1n) is 9.26. The van der Waals surface area contributed by atoms with Gasteiger partial charge in [0.15, 0.2) is 0 Å². The summed E-state index contributed by atoms with van der Waals surface area (Å²) >= 11 is 6.07. The van der Waals surface area contributed by atoms with Crippen molar-refractivity contribution in [2.45, 2.75) is 39.0 Å². The highest BCUT2D eigenvalue weighted by Crippen LogP contribution is 2.38. The number of hydrogen-bond acceptors (Lipinski definition) is 3. The zero-order chi connectivity index (χ0) is 20.4. The van der Waals surface area contributed by atoms with Crippen molar-refractivity contribution in [1.82, 2.24) is 4.57 Å². The highest BCUT2D eigenvalue weighted by Gasteiger charge is 2.25. The van der Waals surface area contributed by atoms with Crippen LogP contribution in [0.25, 0.3) is 10.9 Å². The molecule has 1 heterocycles. The third-order valence-electron chi connectivity index (χ3n) is 5.15. The predicted molar refractivity (Wildman–Crippen MR) is 111 cm³/mol. The highest BCUT2D eigenvalue weighted by molar-refractivity contribution is 6.31. The first-order valence-corrected chi connectivity index (χ1v) is 9.63. The molecule has 0 bridgehead atoms. The van der Waals surface area contributed by atoms with E-state index >= 15 is 0 Å². The van der Waals surface area contributed by atoms with Gasteiger partial charge in [0.2, 0.25) is 5.91 Å². The Balaban J connectivity index is 2.20. The lowest BCUT2D eigenvalue weighted by atomic mass is 9.89. The van der Waals surface area contributed by atoms with Crippen molar-refractivity contribution < 1.29 is 14.7 Å². The summed E-state index contributed by atoms with van der Waals surface area (Å²) in [4.78, 5) is 24.6. The van der Waals surface area contributed by atoms with Crippen LogP contribution >= 0.6 is 11.6 Å². The number of fused-ring (bicyclic) bond motifs is 1. The van der Waals surface area contributed by atoms with Crippen molar-refractivity contribution >= 4 is 34.3 Å². The van der Waals surface area contributed by atoms with Gasteiger partial charge in [-0.3, -0.25) is 14.2 Å². The Kier molecular flexibility index (Phi) is 5.75. The van der Waals surface area contributed by atoms with Crippen LogP contribution in [-0.2, 0) is 4.79 Å². The Morgan fingerprint density at radius 3 is 2.61 bits per heavy atom. The molecular formula is C22H23ClN2O3. The Bertz CT molecular complexity index is 1060. The Morgan fingerprint density at radius 1 is 1.21 bits per heavy atom. The molecule has 0 saturated carbocycles. The van der Waals surface area contributed by atoms with Crippen LogP contribution in [0.1, 0.15) is 53.7 Å². The molecule has 3 N–H and O–H groups in total. The number of phenols is 1. The molecule has 28 heavy (non-hydrogen) atoms. The van der Waals surface area contributed by atoms with E-state index in [-0.39, 0.29) is 29.9 Å². The van der Waals surface area contributed by atoms with Crippen molar-refractivity contribution in [2.24, 2.45) is 5.73 Å². The number of nitrogens with zero attached hydrogens (tertiary/aromatic N) is 1. The zero-order valence-corrected chi connectivity index (χ0v) is 16.7. The van der Waals surface area contributed by atoms with Gasteiger partial charge >= 0.3 is 0 Å². The lowest BCUT2D eigenvalue weighted by Gasteiger charge is -2.16. The molecule has 5 nitrogen and oxygen atoms in total. The molecule has 0 spiro atoms. The van der Waals surface area contributed by atoms with E-state index < -0.39 is 0 Å². The summed E-state index contributed by atoms with van der Waals surface area (Å²) < 4.78 is 1.66. The number of aromatic hydroxyl groups is 1. The summed E-state index contributed by atoms with van der Waals surface area (Å²) in [5.41, 5.74) is 8.30. The van der Waals surface area contributed by atoms with E-state index in [0.29, 0.717) is 22.5 Å². The monoisotopic (exact) mass is 398 g/mol. The Morgan fingerprint density at radius 2 is 1.96 bits per heavy atom. The first kappa shape index (κ1) is 20.0. The van der Waals surface area contributed by atoms with E-state index in [2.05, 4.69) is 0 Å². The van der Waals surface area contributed by atoms with Crippen molar-refractivity contribution in [3.8, 4) is 5.75 Å². The number of hydrogen-bond donors (Lipinski definition) is 2. The average molecular weight is 399 g/mol. The van der Waals surface area contributed by atoms with Crippen LogP contribution in [0, 0.1) is 6.92 Å². The number of rotatable bonds is 6. The van der Waals surface area contributed by atoms with Crippen molar-refractivity contribution in [2.75, 3.05) is 0 Å². The smallest absolute Gasteiger partial charge is 0.262 e. The fourth-order valence-electron chi connectivity index (χ4n) is 3.83. The molecule has 1 atom stereocenters. The van der Waals surface area contributed by atoms with Crippen LogP contribution in [0.5, 0.6) is 5.75 Å². The van der Waals surface area contributed by atoms with Gasteiger partial charge in [0, 0.05) is 28.1 Å². The molecule has 0 aliphatic heterocycles. The number of benzene rings is 2. The SMILES string of the molecule is CC[C@@H](CCC(N)=O)c1c(C)n(C(=O)c2cccc(Cl)c2)c2ccc(O)cc12. The number of nitrogens with two attached hydrogens (primary N) is 1. The predicted octanol–water partition coefficient (Wildman–Crippen LogP) is 4.76. The number of amides is 1. The van der Waals surface area contributed by atoms with Gasteiger partial charge in [-0.2, -0.15) is 0 Å². The normalized spacial score (nSPS) is 12.2.